The third-order valence-electron chi connectivity index (χ3n) is 2.27. The molecule has 15 heavy (non-hydrogen) atoms. The van der Waals surface area contributed by atoms with Gasteiger partial charge in [-0.15, -0.1) is 0 Å². The van der Waals surface area contributed by atoms with E-state index in [1.54, 1.807) is 6.92 Å². The maximum absolute atomic E-state index is 10.5. The van der Waals surface area contributed by atoms with Crippen LogP contribution in [-0.2, 0) is 9.53 Å². The molecule has 0 aromatic rings. The van der Waals surface area contributed by atoms with E-state index in [-0.39, 0.29) is 5.91 Å². The van der Waals surface area contributed by atoms with Gasteiger partial charge in [0.1, 0.15) is 0 Å². The first-order chi connectivity index (χ1) is 7.20. The highest BCUT2D eigenvalue weighted by atomic mass is 16.5. The van der Waals surface area contributed by atoms with Gasteiger partial charge in [-0.25, -0.2) is 0 Å². The van der Waals surface area contributed by atoms with Gasteiger partial charge in [-0.05, 0) is 25.2 Å². The molecule has 1 rings (SSSR count). The van der Waals surface area contributed by atoms with Crippen molar-refractivity contribution in [2.45, 2.75) is 46.5 Å². The van der Waals surface area contributed by atoms with Crippen molar-refractivity contribution in [3.63, 3.8) is 0 Å². The standard InChI is InChI=1S/C9H17NO2.C3H8/c1-8(11)10-5-2-9-3-6-12-7-4-9;1-3-2/h9H,2-7H2,1H3,(H,10,11);3H2,1-2H3. The summed E-state index contributed by atoms with van der Waals surface area (Å²) in [7, 11) is 0. The number of nitrogens with one attached hydrogen (secondary N) is 1. The van der Waals surface area contributed by atoms with Gasteiger partial charge in [-0.1, -0.05) is 20.3 Å². The number of carbonyl (C=O) groups is 1. The quantitative estimate of drug-likeness (QED) is 0.785. The summed E-state index contributed by atoms with van der Waals surface area (Å²) >= 11 is 0. The zero-order chi connectivity index (χ0) is 11.5. The zero-order valence-electron chi connectivity index (χ0n) is 10.3. The molecule has 1 aliphatic heterocycles. The average molecular weight is 215 g/mol. The lowest BCUT2D eigenvalue weighted by Crippen LogP contribution is -2.25. The first-order valence-corrected chi connectivity index (χ1v) is 6.02. The summed E-state index contributed by atoms with van der Waals surface area (Å²) in [5.74, 6) is 0.827. The highest BCUT2D eigenvalue weighted by Gasteiger charge is 2.12. The Balaban J connectivity index is 0.000000583. The molecule has 0 aromatic heterocycles. The monoisotopic (exact) mass is 215 g/mol. The summed E-state index contributed by atoms with van der Waals surface area (Å²) in [6.45, 7) is 8.42. The molecular formula is C12H25NO2. The summed E-state index contributed by atoms with van der Waals surface area (Å²) in [5, 5.41) is 2.81. The Labute approximate surface area is 93.6 Å². The van der Waals surface area contributed by atoms with Crippen molar-refractivity contribution in [2.24, 2.45) is 5.92 Å². The Hall–Kier alpha value is -0.570. The number of ether oxygens (including phenoxy) is 1. The fourth-order valence-electron chi connectivity index (χ4n) is 1.49. The third-order valence-corrected chi connectivity index (χ3v) is 2.27. The van der Waals surface area contributed by atoms with Crippen molar-refractivity contribution in [3.8, 4) is 0 Å². The largest absolute Gasteiger partial charge is 0.381 e. The Morgan fingerprint density at radius 2 is 1.87 bits per heavy atom. The summed E-state index contributed by atoms with van der Waals surface area (Å²) in [6.07, 6.45) is 4.65. The predicted octanol–water partition coefficient (Wildman–Crippen LogP) is 2.36. The summed E-state index contributed by atoms with van der Waals surface area (Å²) < 4.78 is 5.24. The molecule has 1 fully saturated rings. The molecule has 90 valence electrons. The second-order valence-electron chi connectivity index (χ2n) is 4.03. The third kappa shape index (κ3) is 9.73. The van der Waals surface area contributed by atoms with Crippen LogP contribution >= 0.6 is 0 Å². The van der Waals surface area contributed by atoms with Crippen LogP contribution < -0.4 is 5.32 Å². The van der Waals surface area contributed by atoms with Crippen molar-refractivity contribution in [1.29, 1.82) is 0 Å². The van der Waals surface area contributed by atoms with Crippen molar-refractivity contribution in [3.05, 3.63) is 0 Å². The van der Waals surface area contributed by atoms with Crippen LogP contribution in [0.4, 0.5) is 0 Å². The Kier molecular flexibility index (Phi) is 9.59. The van der Waals surface area contributed by atoms with E-state index < -0.39 is 0 Å². The Morgan fingerprint density at radius 1 is 1.33 bits per heavy atom. The molecule has 3 nitrogen and oxygen atoms in total. The van der Waals surface area contributed by atoms with Crippen LogP contribution in [-0.4, -0.2) is 25.7 Å². The lowest BCUT2D eigenvalue weighted by atomic mass is 9.97. The fraction of sp³-hybridized carbons (Fsp3) is 0.917. The molecule has 0 aliphatic carbocycles. The molecule has 1 heterocycles. The number of carbonyl (C=O) groups excluding carboxylic acids is 1. The van der Waals surface area contributed by atoms with Crippen LogP contribution in [0.15, 0.2) is 0 Å². The first-order valence-electron chi connectivity index (χ1n) is 6.02. The minimum atomic E-state index is 0.0714. The minimum absolute atomic E-state index is 0.0714. The Bertz CT molecular complexity index is 154. The summed E-state index contributed by atoms with van der Waals surface area (Å²) in [6, 6.07) is 0. The molecular weight excluding hydrogens is 190 g/mol. The maximum atomic E-state index is 10.5. The number of hydrogen-bond acceptors (Lipinski definition) is 2. The van der Waals surface area contributed by atoms with Crippen LogP contribution in [0.25, 0.3) is 0 Å². The zero-order valence-corrected chi connectivity index (χ0v) is 10.3. The summed E-state index contributed by atoms with van der Waals surface area (Å²) in [5.41, 5.74) is 0. The highest BCUT2D eigenvalue weighted by molar-refractivity contribution is 5.72. The molecule has 0 saturated carbocycles. The van der Waals surface area contributed by atoms with Crippen LogP contribution in [0, 0.1) is 5.92 Å². The van der Waals surface area contributed by atoms with Crippen molar-refractivity contribution < 1.29 is 9.53 Å². The molecule has 0 bridgehead atoms. The molecule has 0 unspecified atom stereocenters. The van der Waals surface area contributed by atoms with E-state index in [1.165, 1.54) is 6.42 Å². The van der Waals surface area contributed by atoms with Crippen LogP contribution in [0.2, 0.25) is 0 Å². The fourth-order valence-corrected chi connectivity index (χ4v) is 1.49. The SMILES string of the molecule is CC(=O)NCCC1CCOCC1.CCC. The molecule has 1 aliphatic rings. The van der Waals surface area contributed by atoms with Crippen molar-refractivity contribution in [2.75, 3.05) is 19.8 Å². The van der Waals surface area contributed by atoms with Crippen molar-refractivity contribution >= 4 is 5.91 Å². The van der Waals surface area contributed by atoms with Crippen LogP contribution in [0.1, 0.15) is 46.5 Å². The van der Waals surface area contributed by atoms with E-state index in [1.807, 2.05) is 0 Å². The molecule has 3 heteroatoms. The maximum Gasteiger partial charge on any atom is 0.216 e. The minimum Gasteiger partial charge on any atom is -0.381 e. The highest BCUT2D eigenvalue weighted by Crippen LogP contribution is 2.17. The average Bonchev–Trinajstić information content (AvgIpc) is 2.20. The van der Waals surface area contributed by atoms with Gasteiger partial charge in [-0.3, -0.25) is 4.79 Å². The van der Waals surface area contributed by atoms with Crippen LogP contribution in [0.3, 0.4) is 0 Å². The van der Waals surface area contributed by atoms with Gasteiger partial charge < -0.3 is 10.1 Å². The topological polar surface area (TPSA) is 38.3 Å². The normalized spacial score (nSPS) is 16.5. The van der Waals surface area contributed by atoms with Gasteiger partial charge in [0, 0.05) is 26.7 Å². The Morgan fingerprint density at radius 3 is 2.33 bits per heavy atom. The van der Waals surface area contributed by atoms with Crippen molar-refractivity contribution in [1.82, 2.24) is 5.32 Å². The van der Waals surface area contributed by atoms with E-state index in [2.05, 4.69) is 19.2 Å². The van der Waals surface area contributed by atoms with Gasteiger partial charge in [-0.2, -0.15) is 0 Å². The second-order valence-corrected chi connectivity index (χ2v) is 4.03. The molecule has 0 atom stereocenters. The number of amides is 1. The van der Waals surface area contributed by atoms with E-state index in [4.69, 9.17) is 4.74 Å². The molecule has 1 saturated heterocycles. The van der Waals surface area contributed by atoms with Gasteiger partial charge in [0.05, 0.1) is 0 Å². The molecule has 0 radical (unpaired) electrons. The van der Waals surface area contributed by atoms with Gasteiger partial charge in [0.25, 0.3) is 0 Å². The molecule has 0 aromatic carbocycles. The second kappa shape index (κ2) is 9.97. The lowest BCUT2D eigenvalue weighted by Gasteiger charge is -2.21. The van der Waals surface area contributed by atoms with E-state index in [0.29, 0.717) is 0 Å². The first kappa shape index (κ1) is 14.4. The molecule has 1 N–H and O–H groups in total. The van der Waals surface area contributed by atoms with Gasteiger partial charge in [0.2, 0.25) is 5.91 Å². The predicted molar refractivity (Wildman–Crippen MR) is 62.8 cm³/mol. The number of hydrogen-bond donors (Lipinski definition) is 1. The van der Waals surface area contributed by atoms with E-state index in [0.717, 1.165) is 44.9 Å². The van der Waals surface area contributed by atoms with Gasteiger partial charge in [0.15, 0.2) is 0 Å². The number of rotatable bonds is 3. The smallest absolute Gasteiger partial charge is 0.216 e. The summed E-state index contributed by atoms with van der Waals surface area (Å²) in [4.78, 5) is 10.5. The lowest BCUT2D eigenvalue weighted by molar-refractivity contribution is -0.119. The molecule has 1 amide bonds. The molecule has 0 spiro atoms. The van der Waals surface area contributed by atoms with Crippen LogP contribution in [0.5, 0.6) is 0 Å². The van der Waals surface area contributed by atoms with Gasteiger partial charge >= 0.3 is 0 Å². The van der Waals surface area contributed by atoms with E-state index in [9.17, 15) is 4.79 Å². The van der Waals surface area contributed by atoms with E-state index >= 15 is 0 Å².